The zero-order valence-corrected chi connectivity index (χ0v) is 5.56. The van der Waals surface area contributed by atoms with Gasteiger partial charge in [-0.2, -0.15) is 20.2 Å². The average molecular weight is 159 g/mol. The molecule has 0 radical (unpaired) electrons. The standard InChI is InChI=1S/C4H8F3NS/c1-8-2-3-9-4(5,6)7/h1-3,8H2. The Bertz CT molecular complexity index is 72.7. The van der Waals surface area contributed by atoms with E-state index in [0.717, 1.165) is 0 Å². The fraction of sp³-hybridized carbons (Fsp3) is 0.750. The SMILES string of the molecule is [CH2-][NH2+]CCSC(F)(F)F. The molecule has 0 saturated carbocycles. The highest BCUT2D eigenvalue weighted by Crippen LogP contribution is 2.28. The summed E-state index contributed by atoms with van der Waals surface area (Å²) in [6.07, 6.45) is 0. The second-order valence-electron chi connectivity index (χ2n) is 1.37. The Morgan fingerprint density at radius 1 is 1.44 bits per heavy atom. The van der Waals surface area contributed by atoms with E-state index >= 15 is 0 Å². The fourth-order valence-electron chi connectivity index (χ4n) is 0.258. The highest BCUT2D eigenvalue weighted by molar-refractivity contribution is 8.00. The van der Waals surface area contributed by atoms with E-state index in [9.17, 15) is 13.2 Å². The third-order valence-electron chi connectivity index (χ3n) is 0.588. The van der Waals surface area contributed by atoms with Crippen molar-refractivity contribution < 1.29 is 18.5 Å². The minimum absolute atomic E-state index is 0.0131. The van der Waals surface area contributed by atoms with Crippen LogP contribution in [0.4, 0.5) is 13.2 Å². The minimum Gasteiger partial charge on any atom is -0.478 e. The van der Waals surface area contributed by atoms with Gasteiger partial charge in [0.25, 0.3) is 0 Å². The number of rotatable bonds is 3. The van der Waals surface area contributed by atoms with Crippen LogP contribution in [0.3, 0.4) is 0 Å². The highest BCUT2D eigenvalue weighted by atomic mass is 32.2. The van der Waals surface area contributed by atoms with E-state index < -0.39 is 5.51 Å². The van der Waals surface area contributed by atoms with Crippen molar-refractivity contribution in [2.75, 3.05) is 12.3 Å². The molecule has 0 fully saturated rings. The summed E-state index contributed by atoms with van der Waals surface area (Å²) in [6, 6.07) is 0. The number of hydrogen-bond donors (Lipinski definition) is 1. The van der Waals surface area contributed by atoms with Gasteiger partial charge in [0.2, 0.25) is 0 Å². The number of nitrogens with two attached hydrogens (primary N) is 1. The number of alkyl halides is 3. The summed E-state index contributed by atoms with van der Waals surface area (Å²) in [7, 11) is 3.30. The van der Waals surface area contributed by atoms with Crippen molar-refractivity contribution in [2.24, 2.45) is 0 Å². The molecule has 0 aliphatic heterocycles. The van der Waals surface area contributed by atoms with E-state index in [-0.39, 0.29) is 17.5 Å². The van der Waals surface area contributed by atoms with Crippen molar-refractivity contribution in [1.29, 1.82) is 0 Å². The zero-order chi connectivity index (χ0) is 7.33. The van der Waals surface area contributed by atoms with Crippen molar-refractivity contribution in [2.45, 2.75) is 5.51 Å². The molecule has 0 heterocycles. The Labute approximate surface area is 56.0 Å². The first-order valence-corrected chi connectivity index (χ1v) is 3.36. The van der Waals surface area contributed by atoms with E-state index in [1.165, 1.54) is 5.32 Å². The average Bonchev–Trinajstić information content (AvgIpc) is 1.63. The van der Waals surface area contributed by atoms with Crippen molar-refractivity contribution in [3.63, 3.8) is 0 Å². The summed E-state index contributed by atoms with van der Waals surface area (Å²) in [5, 5.41) is 1.47. The van der Waals surface area contributed by atoms with E-state index in [2.05, 4.69) is 7.05 Å². The van der Waals surface area contributed by atoms with Crippen LogP contribution in [-0.2, 0) is 0 Å². The van der Waals surface area contributed by atoms with Crippen LogP contribution in [0.5, 0.6) is 0 Å². The van der Waals surface area contributed by atoms with Crippen molar-refractivity contribution in [3.8, 4) is 0 Å². The van der Waals surface area contributed by atoms with Crippen molar-refractivity contribution in [1.82, 2.24) is 0 Å². The van der Waals surface area contributed by atoms with Gasteiger partial charge in [0.15, 0.2) is 0 Å². The molecule has 0 spiro atoms. The number of quaternary nitrogens is 1. The predicted octanol–water partition coefficient (Wildman–Crippen LogP) is 0.594. The maximum Gasteiger partial charge on any atom is 0.442 e. The molecule has 1 nitrogen and oxygen atoms in total. The topological polar surface area (TPSA) is 16.6 Å². The lowest BCUT2D eigenvalue weighted by atomic mass is 10.8. The Morgan fingerprint density at radius 2 is 2.00 bits per heavy atom. The predicted molar refractivity (Wildman–Crippen MR) is 30.7 cm³/mol. The van der Waals surface area contributed by atoms with Gasteiger partial charge in [0.1, 0.15) is 0 Å². The summed E-state index contributed by atoms with van der Waals surface area (Å²) < 4.78 is 33.9. The molecule has 0 aliphatic carbocycles. The molecular formula is C4H8F3NS. The molecule has 0 aromatic heterocycles. The zero-order valence-electron chi connectivity index (χ0n) is 4.74. The van der Waals surface area contributed by atoms with Gasteiger partial charge in [-0.1, -0.05) is 0 Å². The molecule has 0 aromatic rings. The van der Waals surface area contributed by atoms with Gasteiger partial charge in [-0.3, -0.25) is 0 Å². The number of halogens is 3. The van der Waals surface area contributed by atoms with E-state index in [1.54, 1.807) is 0 Å². The van der Waals surface area contributed by atoms with Crippen molar-refractivity contribution in [3.05, 3.63) is 7.05 Å². The molecule has 0 amide bonds. The number of hydrogen-bond acceptors (Lipinski definition) is 1. The molecule has 0 aliphatic rings. The highest BCUT2D eigenvalue weighted by Gasteiger charge is 2.27. The molecule has 0 bridgehead atoms. The molecule has 5 heteroatoms. The van der Waals surface area contributed by atoms with Gasteiger partial charge in [0, 0.05) is 5.75 Å². The first kappa shape index (κ1) is 9.10. The summed E-state index contributed by atoms with van der Waals surface area (Å²) in [5.41, 5.74) is -4.08. The van der Waals surface area contributed by atoms with Crippen LogP contribution >= 0.6 is 11.8 Å². The van der Waals surface area contributed by atoms with E-state index in [1.807, 2.05) is 0 Å². The quantitative estimate of drug-likeness (QED) is 0.471. The van der Waals surface area contributed by atoms with Crippen LogP contribution in [0, 0.1) is 7.05 Å². The maximum atomic E-state index is 11.3. The summed E-state index contributed by atoms with van der Waals surface area (Å²) >= 11 is -0.0131. The molecule has 0 rings (SSSR count). The second kappa shape index (κ2) is 4.00. The van der Waals surface area contributed by atoms with Gasteiger partial charge in [-0.05, 0) is 11.8 Å². The molecular weight excluding hydrogens is 151 g/mol. The van der Waals surface area contributed by atoms with Crippen LogP contribution in [-0.4, -0.2) is 17.8 Å². The summed E-state index contributed by atoms with van der Waals surface area (Å²) in [6.45, 7) is 0.407. The monoisotopic (exact) mass is 159 g/mol. The molecule has 0 aromatic carbocycles. The van der Waals surface area contributed by atoms with Gasteiger partial charge in [0.05, 0.1) is 6.54 Å². The number of thioether (sulfide) groups is 1. The Morgan fingerprint density at radius 3 is 2.33 bits per heavy atom. The first-order chi connectivity index (χ1) is 4.06. The Kier molecular flexibility index (Phi) is 4.05. The normalized spacial score (nSPS) is 12.0. The molecule has 0 unspecified atom stereocenters. The van der Waals surface area contributed by atoms with Gasteiger partial charge in [-0.25, -0.2) is 0 Å². The largest absolute Gasteiger partial charge is 0.478 e. The van der Waals surface area contributed by atoms with E-state index in [4.69, 9.17) is 0 Å². The third-order valence-corrected chi connectivity index (χ3v) is 1.35. The Hall–Kier alpha value is 0.100. The minimum atomic E-state index is -4.08. The van der Waals surface area contributed by atoms with Gasteiger partial charge in [-0.15, -0.1) is 0 Å². The third kappa shape index (κ3) is 8.10. The van der Waals surface area contributed by atoms with Gasteiger partial charge >= 0.3 is 5.51 Å². The summed E-state index contributed by atoms with van der Waals surface area (Å²) in [4.78, 5) is 0. The van der Waals surface area contributed by atoms with Crippen LogP contribution in [0.25, 0.3) is 0 Å². The lowest BCUT2D eigenvalue weighted by Gasteiger charge is -2.03. The van der Waals surface area contributed by atoms with Crippen LogP contribution < -0.4 is 5.32 Å². The lowest BCUT2D eigenvalue weighted by Crippen LogP contribution is -2.77. The molecule has 0 atom stereocenters. The lowest BCUT2D eigenvalue weighted by molar-refractivity contribution is -0.590. The molecule has 56 valence electrons. The fourth-order valence-corrected chi connectivity index (χ4v) is 0.774. The van der Waals surface area contributed by atoms with Crippen LogP contribution in [0.1, 0.15) is 0 Å². The van der Waals surface area contributed by atoms with Crippen molar-refractivity contribution >= 4 is 11.8 Å². The molecule has 0 saturated heterocycles. The van der Waals surface area contributed by atoms with Crippen LogP contribution in [0.15, 0.2) is 0 Å². The molecule has 9 heavy (non-hydrogen) atoms. The maximum absolute atomic E-state index is 11.3. The summed E-state index contributed by atoms with van der Waals surface area (Å²) in [5.74, 6) is 0.0764. The van der Waals surface area contributed by atoms with Gasteiger partial charge < -0.3 is 5.32 Å². The Balaban J connectivity index is 3.07. The smallest absolute Gasteiger partial charge is 0.442 e. The first-order valence-electron chi connectivity index (χ1n) is 2.38. The van der Waals surface area contributed by atoms with E-state index in [0.29, 0.717) is 6.54 Å². The van der Waals surface area contributed by atoms with Crippen LogP contribution in [0.2, 0.25) is 0 Å². The molecule has 2 N–H and O–H groups in total. The second-order valence-corrected chi connectivity index (χ2v) is 2.53.